The van der Waals surface area contributed by atoms with Gasteiger partial charge in [0.15, 0.2) is 0 Å². The Kier molecular flexibility index (Phi) is 2.71. The van der Waals surface area contributed by atoms with Gasteiger partial charge in [0, 0.05) is 23.6 Å². The third-order valence-corrected chi connectivity index (χ3v) is 6.11. The van der Waals surface area contributed by atoms with Crippen molar-refractivity contribution in [3.63, 3.8) is 0 Å². The highest BCUT2D eigenvalue weighted by molar-refractivity contribution is 5.84. The van der Waals surface area contributed by atoms with Gasteiger partial charge in [-0.25, -0.2) is 0 Å². The Labute approximate surface area is 121 Å². The molecule has 3 fully saturated rings. The SMILES string of the molecule is CNCC12CCC(c3c[nH]c4ccccc34)(CC1)CC2. The maximum atomic E-state index is 3.48. The van der Waals surface area contributed by atoms with Crippen LogP contribution in [-0.2, 0) is 5.41 Å². The molecular weight excluding hydrogens is 244 g/mol. The van der Waals surface area contributed by atoms with Crippen molar-refractivity contribution in [2.45, 2.75) is 43.9 Å². The number of para-hydroxylation sites is 1. The summed E-state index contributed by atoms with van der Waals surface area (Å²) in [5, 5.41) is 4.88. The van der Waals surface area contributed by atoms with Crippen LogP contribution >= 0.6 is 0 Å². The summed E-state index contributed by atoms with van der Waals surface area (Å²) >= 11 is 0. The van der Waals surface area contributed by atoms with Crippen LogP contribution < -0.4 is 5.32 Å². The number of H-pyrrole nitrogens is 1. The molecule has 0 amide bonds. The molecular formula is C18H24N2. The van der Waals surface area contributed by atoms with Gasteiger partial charge in [0.05, 0.1) is 0 Å². The largest absolute Gasteiger partial charge is 0.361 e. The van der Waals surface area contributed by atoms with Gasteiger partial charge in [0.25, 0.3) is 0 Å². The molecule has 0 spiro atoms. The van der Waals surface area contributed by atoms with Crippen LogP contribution in [0.25, 0.3) is 10.9 Å². The highest BCUT2D eigenvalue weighted by Gasteiger charge is 2.49. The molecule has 0 atom stereocenters. The second-order valence-electron chi connectivity index (χ2n) is 7.06. The molecule has 0 aliphatic heterocycles. The summed E-state index contributed by atoms with van der Waals surface area (Å²) in [4.78, 5) is 3.48. The van der Waals surface area contributed by atoms with Crippen LogP contribution in [0.4, 0.5) is 0 Å². The van der Waals surface area contributed by atoms with E-state index in [1.807, 2.05) is 0 Å². The molecule has 1 aromatic carbocycles. The molecule has 1 heterocycles. The minimum atomic E-state index is 0.453. The summed E-state index contributed by atoms with van der Waals surface area (Å²) in [6, 6.07) is 8.79. The number of aromatic nitrogens is 1. The molecule has 2 N–H and O–H groups in total. The molecule has 0 saturated heterocycles. The third kappa shape index (κ3) is 1.67. The van der Waals surface area contributed by atoms with Gasteiger partial charge in [-0.1, -0.05) is 18.2 Å². The smallest absolute Gasteiger partial charge is 0.0457 e. The Bertz CT molecular complexity index is 601. The lowest BCUT2D eigenvalue weighted by atomic mass is 9.52. The van der Waals surface area contributed by atoms with Gasteiger partial charge in [0.2, 0.25) is 0 Å². The monoisotopic (exact) mass is 268 g/mol. The number of hydrogen-bond acceptors (Lipinski definition) is 1. The van der Waals surface area contributed by atoms with E-state index in [-0.39, 0.29) is 0 Å². The average molecular weight is 268 g/mol. The molecule has 5 rings (SSSR count). The van der Waals surface area contributed by atoms with E-state index in [0.29, 0.717) is 10.8 Å². The lowest BCUT2D eigenvalue weighted by molar-refractivity contribution is 0.0422. The minimum Gasteiger partial charge on any atom is -0.361 e. The Morgan fingerprint density at radius 3 is 2.45 bits per heavy atom. The minimum absolute atomic E-state index is 0.453. The zero-order chi connectivity index (χ0) is 13.6. The Hall–Kier alpha value is -1.28. The zero-order valence-corrected chi connectivity index (χ0v) is 12.3. The second kappa shape index (κ2) is 4.36. The Morgan fingerprint density at radius 2 is 1.75 bits per heavy atom. The summed E-state index contributed by atoms with van der Waals surface area (Å²) in [7, 11) is 2.10. The molecule has 2 nitrogen and oxygen atoms in total. The van der Waals surface area contributed by atoms with Crippen LogP contribution in [0.2, 0.25) is 0 Å². The first-order chi connectivity index (χ1) is 9.77. The second-order valence-corrected chi connectivity index (χ2v) is 7.06. The Balaban J connectivity index is 1.70. The summed E-state index contributed by atoms with van der Waals surface area (Å²) in [6.07, 6.45) is 10.6. The van der Waals surface area contributed by atoms with Gasteiger partial charge in [-0.15, -0.1) is 0 Å². The van der Waals surface area contributed by atoms with E-state index in [0.717, 1.165) is 0 Å². The quantitative estimate of drug-likeness (QED) is 0.866. The van der Waals surface area contributed by atoms with Crippen molar-refractivity contribution in [1.29, 1.82) is 0 Å². The van der Waals surface area contributed by atoms with E-state index in [1.165, 1.54) is 56.0 Å². The van der Waals surface area contributed by atoms with Crippen molar-refractivity contribution in [1.82, 2.24) is 10.3 Å². The number of hydrogen-bond donors (Lipinski definition) is 2. The van der Waals surface area contributed by atoms with E-state index in [9.17, 15) is 0 Å². The fourth-order valence-corrected chi connectivity index (χ4v) is 4.82. The van der Waals surface area contributed by atoms with Crippen molar-refractivity contribution in [2.75, 3.05) is 13.6 Å². The van der Waals surface area contributed by atoms with E-state index >= 15 is 0 Å². The topological polar surface area (TPSA) is 27.8 Å². The fraction of sp³-hybridized carbons (Fsp3) is 0.556. The highest BCUT2D eigenvalue weighted by atomic mass is 14.8. The number of aromatic amines is 1. The number of nitrogens with one attached hydrogen (secondary N) is 2. The van der Waals surface area contributed by atoms with E-state index in [4.69, 9.17) is 0 Å². The summed E-state index contributed by atoms with van der Waals surface area (Å²) in [6.45, 7) is 1.21. The molecule has 3 saturated carbocycles. The first kappa shape index (κ1) is 12.5. The first-order valence-electron chi connectivity index (χ1n) is 7.98. The van der Waals surface area contributed by atoms with E-state index < -0.39 is 0 Å². The molecule has 2 aromatic rings. The normalized spacial score (nSPS) is 32.9. The van der Waals surface area contributed by atoms with Crippen LogP contribution in [-0.4, -0.2) is 18.6 Å². The molecule has 0 radical (unpaired) electrons. The molecule has 20 heavy (non-hydrogen) atoms. The van der Waals surface area contributed by atoms with Crippen molar-refractivity contribution in [3.8, 4) is 0 Å². The van der Waals surface area contributed by atoms with Crippen molar-refractivity contribution in [3.05, 3.63) is 36.0 Å². The molecule has 3 aliphatic carbocycles. The molecule has 3 aliphatic rings. The lowest BCUT2D eigenvalue weighted by Gasteiger charge is -2.53. The van der Waals surface area contributed by atoms with Crippen molar-refractivity contribution in [2.24, 2.45) is 5.41 Å². The molecule has 0 unspecified atom stereocenters. The van der Waals surface area contributed by atoms with Crippen LogP contribution in [0, 0.1) is 5.41 Å². The molecule has 106 valence electrons. The van der Waals surface area contributed by atoms with Gasteiger partial charge >= 0.3 is 0 Å². The summed E-state index contributed by atoms with van der Waals surface area (Å²) < 4.78 is 0. The first-order valence-corrected chi connectivity index (χ1v) is 7.98. The van der Waals surface area contributed by atoms with Crippen LogP contribution in [0.1, 0.15) is 44.1 Å². The number of rotatable bonds is 3. The zero-order valence-electron chi connectivity index (χ0n) is 12.3. The van der Waals surface area contributed by atoms with Crippen LogP contribution in [0.3, 0.4) is 0 Å². The molecule has 2 bridgehead atoms. The molecule has 1 aromatic heterocycles. The van der Waals surface area contributed by atoms with Gasteiger partial charge in [-0.3, -0.25) is 0 Å². The fourth-order valence-electron chi connectivity index (χ4n) is 4.82. The van der Waals surface area contributed by atoms with Gasteiger partial charge in [0.1, 0.15) is 0 Å². The average Bonchev–Trinajstić information content (AvgIpc) is 2.94. The number of benzene rings is 1. The van der Waals surface area contributed by atoms with Gasteiger partial charge in [-0.05, 0) is 68.0 Å². The lowest BCUT2D eigenvalue weighted by Crippen LogP contribution is -2.47. The van der Waals surface area contributed by atoms with Crippen molar-refractivity contribution >= 4 is 10.9 Å². The molecule has 2 heteroatoms. The van der Waals surface area contributed by atoms with E-state index in [1.54, 1.807) is 5.56 Å². The maximum absolute atomic E-state index is 3.48. The predicted molar refractivity (Wildman–Crippen MR) is 84.0 cm³/mol. The standard InChI is InChI=1S/C18H24N2/c1-19-13-17-6-9-18(10-7-17,11-8-17)15-12-20-16-5-3-2-4-14(15)16/h2-5,12,19-20H,6-11,13H2,1H3. The van der Waals surface area contributed by atoms with Crippen molar-refractivity contribution < 1.29 is 0 Å². The number of fused-ring (bicyclic) bond motifs is 4. The maximum Gasteiger partial charge on any atom is 0.0457 e. The van der Waals surface area contributed by atoms with Crippen LogP contribution in [0.5, 0.6) is 0 Å². The summed E-state index contributed by atoms with van der Waals surface area (Å²) in [5.74, 6) is 0. The third-order valence-electron chi connectivity index (χ3n) is 6.11. The Morgan fingerprint density at radius 1 is 1.05 bits per heavy atom. The highest BCUT2D eigenvalue weighted by Crippen LogP contribution is 2.58. The van der Waals surface area contributed by atoms with Crippen LogP contribution in [0.15, 0.2) is 30.5 Å². The predicted octanol–water partition coefficient (Wildman–Crippen LogP) is 3.98. The van der Waals surface area contributed by atoms with Gasteiger partial charge < -0.3 is 10.3 Å². The van der Waals surface area contributed by atoms with E-state index in [2.05, 4.69) is 47.8 Å². The van der Waals surface area contributed by atoms with Gasteiger partial charge in [-0.2, -0.15) is 0 Å². The summed E-state index contributed by atoms with van der Waals surface area (Å²) in [5.41, 5.74) is 3.94.